The molecule has 0 unspecified atom stereocenters. The summed E-state index contributed by atoms with van der Waals surface area (Å²) in [5, 5.41) is 15.6. The Morgan fingerprint density at radius 2 is 1.96 bits per heavy atom. The number of anilines is 1. The first-order valence-electron chi connectivity index (χ1n) is 7.59. The number of carbonyl (C=O) groups is 1. The normalized spacial score (nSPS) is 10.9. The minimum Gasteiger partial charge on any atom is -0.360 e. The average molecular weight is 336 g/mol. The van der Waals surface area contributed by atoms with Gasteiger partial charge in [-0.05, 0) is 23.4 Å². The van der Waals surface area contributed by atoms with Crippen LogP contribution in [0.1, 0.15) is 0 Å². The van der Waals surface area contributed by atoms with Crippen molar-refractivity contribution in [3.05, 3.63) is 60.5 Å². The number of nitrogens with zero attached hydrogens (tertiary/aromatic N) is 4. The van der Waals surface area contributed by atoms with Crippen LogP contribution in [-0.4, -0.2) is 31.1 Å². The van der Waals surface area contributed by atoms with Gasteiger partial charge in [0.15, 0.2) is 0 Å². The number of amides is 1. The summed E-state index contributed by atoms with van der Waals surface area (Å²) >= 11 is 0. The predicted molar refractivity (Wildman–Crippen MR) is 90.1 cm³/mol. The number of benzene rings is 2. The Bertz CT molecular complexity index is 1050. The molecule has 4 rings (SSSR count). The molecular weight excluding hydrogens is 323 g/mol. The fraction of sp³-hybridized carbons (Fsp3) is 0.0588. The lowest BCUT2D eigenvalue weighted by Gasteiger charge is -2.04. The molecule has 0 aliphatic carbocycles. The van der Waals surface area contributed by atoms with E-state index in [0.29, 0.717) is 5.82 Å². The first-order chi connectivity index (χ1) is 12.2. The maximum absolute atomic E-state index is 13.6. The quantitative estimate of drug-likeness (QED) is 0.599. The molecule has 0 spiro atoms. The molecule has 0 bridgehead atoms. The van der Waals surface area contributed by atoms with E-state index in [1.54, 1.807) is 18.3 Å². The average Bonchev–Trinajstić information content (AvgIpc) is 3.23. The van der Waals surface area contributed by atoms with E-state index >= 15 is 0 Å². The summed E-state index contributed by atoms with van der Waals surface area (Å²) in [4.78, 5) is 16.3. The largest absolute Gasteiger partial charge is 0.360 e. The van der Waals surface area contributed by atoms with Crippen molar-refractivity contribution in [3.8, 4) is 11.4 Å². The highest BCUT2D eigenvalue weighted by molar-refractivity contribution is 5.93. The molecule has 0 saturated heterocycles. The van der Waals surface area contributed by atoms with Gasteiger partial charge in [-0.25, -0.2) is 4.39 Å². The predicted octanol–water partition coefficient (Wildman–Crippen LogP) is 2.60. The van der Waals surface area contributed by atoms with Crippen LogP contribution in [0.3, 0.4) is 0 Å². The van der Waals surface area contributed by atoms with E-state index < -0.39 is 11.7 Å². The van der Waals surface area contributed by atoms with Gasteiger partial charge < -0.3 is 10.3 Å². The number of para-hydroxylation sites is 2. The van der Waals surface area contributed by atoms with Crippen molar-refractivity contribution in [2.75, 3.05) is 5.32 Å². The van der Waals surface area contributed by atoms with Crippen LogP contribution in [0, 0.1) is 5.82 Å². The third-order valence-electron chi connectivity index (χ3n) is 3.72. The number of nitrogens with one attached hydrogen (secondary N) is 2. The van der Waals surface area contributed by atoms with Crippen molar-refractivity contribution >= 4 is 22.5 Å². The molecule has 8 heteroatoms. The number of tetrazole rings is 1. The molecule has 4 aromatic rings. The summed E-state index contributed by atoms with van der Waals surface area (Å²) in [6.45, 7) is -0.163. The zero-order valence-corrected chi connectivity index (χ0v) is 13.0. The fourth-order valence-corrected chi connectivity index (χ4v) is 2.56. The summed E-state index contributed by atoms with van der Waals surface area (Å²) in [5.41, 5.74) is 1.88. The second kappa shape index (κ2) is 6.16. The number of carbonyl (C=O) groups excluding carboxylic acids is 1. The Kier molecular flexibility index (Phi) is 3.70. The second-order valence-electron chi connectivity index (χ2n) is 5.42. The van der Waals surface area contributed by atoms with E-state index in [9.17, 15) is 9.18 Å². The zero-order valence-electron chi connectivity index (χ0n) is 13.0. The molecule has 2 heterocycles. The Hall–Kier alpha value is -3.55. The van der Waals surface area contributed by atoms with Crippen LogP contribution in [0.25, 0.3) is 22.3 Å². The summed E-state index contributed by atoms with van der Waals surface area (Å²) in [5.74, 6) is -0.522. The first kappa shape index (κ1) is 15.0. The second-order valence-corrected chi connectivity index (χ2v) is 5.42. The number of hydrogen-bond acceptors (Lipinski definition) is 4. The molecule has 2 aromatic carbocycles. The number of rotatable bonds is 4. The third-order valence-corrected chi connectivity index (χ3v) is 3.72. The molecule has 124 valence electrons. The lowest BCUT2D eigenvalue weighted by atomic mass is 10.2. The molecule has 2 aromatic heterocycles. The van der Waals surface area contributed by atoms with Gasteiger partial charge in [0.25, 0.3) is 0 Å². The van der Waals surface area contributed by atoms with Crippen molar-refractivity contribution in [1.82, 2.24) is 25.2 Å². The standard InChI is InChI=1S/C17H13FN6O/c18-13-6-2-4-8-15(13)20-16(25)10-24-22-17(21-23-24)12-9-19-14-7-3-1-5-11(12)14/h1-9,19H,10H2,(H,20,25). The van der Waals surface area contributed by atoms with Gasteiger partial charge in [-0.2, -0.15) is 4.80 Å². The maximum atomic E-state index is 13.6. The van der Waals surface area contributed by atoms with E-state index in [-0.39, 0.29) is 12.2 Å². The Morgan fingerprint density at radius 1 is 1.16 bits per heavy atom. The first-order valence-corrected chi connectivity index (χ1v) is 7.59. The van der Waals surface area contributed by atoms with Crippen molar-refractivity contribution in [2.24, 2.45) is 0 Å². The minimum absolute atomic E-state index is 0.115. The van der Waals surface area contributed by atoms with Crippen LogP contribution in [0.5, 0.6) is 0 Å². The number of fused-ring (bicyclic) bond motifs is 1. The van der Waals surface area contributed by atoms with Gasteiger partial charge in [0, 0.05) is 22.7 Å². The number of aromatic amines is 1. The number of aromatic nitrogens is 5. The molecule has 0 radical (unpaired) electrons. The Morgan fingerprint density at radius 3 is 2.84 bits per heavy atom. The summed E-state index contributed by atoms with van der Waals surface area (Å²) in [7, 11) is 0. The van der Waals surface area contributed by atoms with Crippen LogP contribution in [0.15, 0.2) is 54.7 Å². The summed E-state index contributed by atoms with van der Waals surface area (Å²) in [6, 6.07) is 13.7. The van der Waals surface area contributed by atoms with Crippen molar-refractivity contribution in [3.63, 3.8) is 0 Å². The monoisotopic (exact) mass is 336 g/mol. The smallest absolute Gasteiger partial charge is 0.248 e. The zero-order chi connectivity index (χ0) is 17.2. The van der Waals surface area contributed by atoms with Gasteiger partial charge in [0.05, 0.1) is 5.69 Å². The van der Waals surface area contributed by atoms with E-state index in [0.717, 1.165) is 16.5 Å². The van der Waals surface area contributed by atoms with E-state index in [1.807, 2.05) is 24.3 Å². The van der Waals surface area contributed by atoms with Gasteiger partial charge in [-0.1, -0.05) is 30.3 Å². The van der Waals surface area contributed by atoms with E-state index in [1.165, 1.54) is 16.9 Å². The molecule has 25 heavy (non-hydrogen) atoms. The van der Waals surface area contributed by atoms with Crippen LogP contribution in [0.4, 0.5) is 10.1 Å². The molecule has 0 aliphatic rings. The van der Waals surface area contributed by atoms with Crippen molar-refractivity contribution in [1.29, 1.82) is 0 Å². The third kappa shape index (κ3) is 2.97. The van der Waals surface area contributed by atoms with Crippen LogP contribution in [0.2, 0.25) is 0 Å². The minimum atomic E-state index is -0.498. The lowest BCUT2D eigenvalue weighted by Crippen LogP contribution is -2.21. The van der Waals surface area contributed by atoms with E-state index in [4.69, 9.17) is 0 Å². The Labute approximate surface area is 141 Å². The van der Waals surface area contributed by atoms with Gasteiger partial charge in [0.1, 0.15) is 12.4 Å². The molecule has 2 N–H and O–H groups in total. The number of hydrogen-bond donors (Lipinski definition) is 2. The SMILES string of the molecule is O=C(Cn1nnc(-c2c[nH]c3ccccc23)n1)Nc1ccccc1F. The highest BCUT2D eigenvalue weighted by Gasteiger charge is 2.13. The molecule has 0 aliphatic heterocycles. The highest BCUT2D eigenvalue weighted by atomic mass is 19.1. The molecular formula is C17H13FN6O. The van der Waals surface area contributed by atoms with Crippen LogP contribution >= 0.6 is 0 Å². The fourth-order valence-electron chi connectivity index (χ4n) is 2.56. The van der Waals surface area contributed by atoms with Crippen LogP contribution < -0.4 is 5.32 Å². The molecule has 1 amide bonds. The molecule has 0 atom stereocenters. The maximum Gasteiger partial charge on any atom is 0.248 e. The van der Waals surface area contributed by atoms with Gasteiger partial charge >= 0.3 is 0 Å². The summed E-state index contributed by atoms with van der Waals surface area (Å²) in [6.07, 6.45) is 1.80. The number of H-pyrrole nitrogens is 1. The highest BCUT2D eigenvalue weighted by Crippen LogP contribution is 2.25. The Balaban J connectivity index is 1.52. The number of halogens is 1. The summed E-state index contributed by atoms with van der Waals surface area (Å²) < 4.78 is 13.6. The van der Waals surface area contributed by atoms with Crippen molar-refractivity contribution < 1.29 is 9.18 Å². The van der Waals surface area contributed by atoms with Crippen LogP contribution in [-0.2, 0) is 11.3 Å². The van der Waals surface area contributed by atoms with Gasteiger partial charge in [-0.15, -0.1) is 10.2 Å². The molecule has 0 saturated carbocycles. The van der Waals surface area contributed by atoms with Gasteiger partial charge in [0.2, 0.25) is 11.7 Å². The van der Waals surface area contributed by atoms with Gasteiger partial charge in [-0.3, -0.25) is 4.79 Å². The topological polar surface area (TPSA) is 88.5 Å². The van der Waals surface area contributed by atoms with E-state index in [2.05, 4.69) is 25.7 Å². The molecule has 0 fully saturated rings. The molecule has 7 nitrogen and oxygen atoms in total. The lowest BCUT2D eigenvalue weighted by molar-refractivity contribution is -0.117. The van der Waals surface area contributed by atoms with Crippen molar-refractivity contribution in [2.45, 2.75) is 6.54 Å².